The molecule has 0 radical (unpaired) electrons. The van der Waals surface area contributed by atoms with Crippen LogP contribution >= 0.6 is 0 Å². The second-order valence-corrected chi connectivity index (χ2v) is 2.09. The van der Waals surface area contributed by atoms with Crippen molar-refractivity contribution in [3.8, 4) is 0 Å². The van der Waals surface area contributed by atoms with Crippen molar-refractivity contribution >= 4 is 5.91 Å². The summed E-state index contributed by atoms with van der Waals surface area (Å²) in [6.45, 7) is -0.174. The third-order valence-electron chi connectivity index (χ3n) is 1.34. The predicted octanol–water partition coefficient (Wildman–Crippen LogP) is -0.795. The van der Waals surface area contributed by atoms with Crippen LogP contribution in [0, 0.1) is 0 Å². The van der Waals surface area contributed by atoms with Crippen molar-refractivity contribution in [3.05, 3.63) is 0 Å². The number of aliphatic hydroxyl groups is 1. The van der Waals surface area contributed by atoms with Gasteiger partial charge in [0.15, 0.2) is 6.17 Å². The molecular weight excluding hydrogens is 125 g/mol. The van der Waals surface area contributed by atoms with Crippen molar-refractivity contribution in [1.29, 1.82) is 0 Å². The molecule has 0 saturated carbocycles. The number of aliphatic hydroxyl groups excluding tert-OH is 1. The molecular formula is C5H8FNO2. The highest BCUT2D eigenvalue weighted by molar-refractivity contribution is 5.83. The van der Waals surface area contributed by atoms with Gasteiger partial charge in [-0.05, 0) is 0 Å². The largest absolute Gasteiger partial charge is 0.394 e. The van der Waals surface area contributed by atoms with Gasteiger partial charge >= 0.3 is 0 Å². The van der Waals surface area contributed by atoms with Crippen molar-refractivity contribution in [2.45, 2.75) is 18.6 Å². The number of alkyl halides is 1. The van der Waals surface area contributed by atoms with Crippen molar-refractivity contribution < 1.29 is 14.3 Å². The lowest BCUT2D eigenvalue weighted by molar-refractivity contribution is -0.123. The maximum absolute atomic E-state index is 12.2. The molecule has 4 heteroatoms. The number of hydrogen-bond acceptors (Lipinski definition) is 2. The van der Waals surface area contributed by atoms with Gasteiger partial charge in [0.25, 0.3) is 5.91 Å². The Morgan fingerprint density at radius 3 is 2.78 bits per heavy atom. The van der Waals surface area contributed by atoms with Crippen LogP contribution in [0.5, 0.6) is 0 Å². The van der Waals surface area contributed by atoms with Crippen molar-refractivity contribution in [2.75, 3.05) is 6.61 Å². The average molecular weight is 133 g/mol. The lowest BCUT2D eigenvalue weighted by Crippen LogP contribution is -2.29. The number of amides is 1. The van der Waals surface area contributed by atoms with Gasteiger partial charge in [-0.3, -0.25) is 4.79 Å². The van der Waals surface area contributed by atoms with E-state index in [4.69, 9.17) is 5.11 Å². The SMILES string of the molecule is O=C1N[C@H](CO)C[C@H]1F. The Balaban J connectivity index is 2.44. The van der Waals surface area contributed by atoms with E-state index in [0.717, 1.165) is 0 Å². The monoisotopic (exact) mass is 133 g/mol. The van der Waals surface area contributed by atoms with Crippen molar-refractivity contribution in [3.63, 3.8) is 0 Å². The van der Waals surface area contributed by atoms with Gasteiger partial charge in [-0.2, -0.15) is 0 Å². The van der Waals surface area contributed by atoms with Gasteiger partial charge < -0.3 is 10.4 Å². The fourth-order valence-electron chi connectivity index (χ4n) is 0.828. The lowest BCUT2D eigenvalue weighted by atomic mass is 10.2. The number of halogens is 1. The zero-order chi connectivity index (χ0) is 6.85. The van der Waals surface area contributed by atoms with E-state index in [1.807, 2.05) is 0 Å². The summed E-state index contributed by atoms with van der Waals surface area (Å²) in [6.07, 6.45) is -1.31. The molecule has 52 valence electrons. The topological polar surface area (TPSA) is 49.3 Å². The quantitative estimate of drug-likeness (QED) is 0.492. The van der Waals surface area contributed by atoms with Crippen molar-refractivity contribution in [1.82, 2.24) is 5.32 Å². The number of rotatable bonds is 1. The lowest BCUT2D eigenvalue weighted by Gasteiger charge is -2.01. The molecule has 2 atom stereocenters. The number of nitrogens with one attached hydrogen (secondary N) is 1. The zero-order valence-electron chi connectivity index (χ0n) is 4.80. The molecule has 0 aromatic rings. The summed E-state index contributed by atoms with van der Waals surface area (Å²) in [4.78, 5) is 10.3. The first-order chi connectivity index (χ1) is 4.24. The fourth-order valence-corrected chi connectivity index (χ4v) is 0.828. The highest BCUT2D eigenvalue weighted by atomic mass is 19.1. The molecule has 9 heavy (non-hydrogen) atoms. The summed E-state index contributed by atoms with van der Waals surface area (Å²) in [5, 5.41) is 10.7. The Labute approximate surface area is 51.9 Å². The Morgan fingerprint density at radius 2 is 2.56 bits per heavy atom. The van der Waals surface area contributed by atoms with Crippen LogP contribution in [0.25, 0.3) is 0 Å². The molecule has 0 spiro atoms. The van der Waals surface area contributed by atoms with E-state index in [-0.39, 0.29) is 19.1 Å². The Kier molecular flexibility index (Phi) is 1.66. The van der Waals surface area contributed by atoms with E-state index < -0.39 is 12.1 Å². The fraction of sp³-hybridized carbons (Fsp3) is 0.800. The van der Waals surface area contributed by atoms with E-state index in [0.29, 0.717) is 0 Å². The van der Waals surface area contributed by atoms with Crippen LogP contribution in [0.2, 0.25) is 0 Å². The molecule has 2 N–H and O–H groups in total. The summed E-state index contributed by atoms with van der Waals surface area (Å²) in [5.41, 5.74) is 0. The Bertz CT molecular complexity index is 128. The van der Waals surface area contributed by atoms with Crippen LogP contribution in [0.1, 0.15) is 6.42 Å². The number of carbonyl (C=O) groups is 1. The number of hydrogen-bond donors (Lipinski definition) is 2. The van der Waals surface area contributed by atoms with Gasteiger partial charge in [0.05, 0.1) is 12.6 Å². The third kappa shape index (κ3) is 1.18. The first-order valence-electron chi connectivity index (χ1n) is 2.79. The Hall–Kier alpha value is -0.640. The zero-order valence-corrected chi connectivity index (χ0v) is 4.80. The maximum atomic E-state index is 12.2. The molecule has 1 amide bonds. The van der Waals surface area contributed by atoms with Crippen LogP contribution in [0.3, 0.4) is 0 Å². The molecule has 0 aliphatic carbocycles. The molecule has 1 aliphatic heterocycles. The van der Waals surface area contributed by atoms with Gasteiger partial charge in [0, 0.05) is 6.42 Å². The smallest absolute Gasteiger partial charge is 0.254 e. The molecule has 1 saturated heterocycles. The van der Waals surface area contributed by atoms with Crippen LogP contribution in [-0.2, 0) is 4.79 Å². The summed E-state index contributed by atoms with van der Waals surface area (Å²) in [5.74, 6) is -0.603. The molecule has 3 nitrogen and oxygen atoms in total. The van der Waals surface area contributed by atoms with E-state index >= 15 is 0 Å². The van der Waals surface area contributed by atoms with Gasteiger partial charge in [0.1, 0.15) is 0 Å². The van der Waals surface area contributed by atoms with Gasteiger partial charge in [-0.25, -0.2) is 4.39 Å². The molecule has 0 aromatic heterocycles. The maximum Gasteiger partial charge on any atom is 0.254 e. The first kappa shape index (κ1) is 6.48. The minimum absolute atomic E-state index is 0.106. The molecule has 0 unspecified atom stereocenters. The van der Waals surface area contributed by atoms with Crippen LogP contribution in [-0.4, -0.2) is 29.8 Å². The minimum atomic E-state index is -1.41. The van der Waals surface area contributed by atoms with E-state index in [9.17, 15) is 9.18 Å². The van der Waals surface area contributed by atoms with Crippen LogP contribution < -0.4 is 5.32 Å². The molecule has 0 aromatic carbocycles. The number of carbonyl (C=O) groups excluding carboxylic acids is 1. The van der Waals surface area contributed by atoms with Gasteiger partial charge in [0.2, 0.25) is 0 Å². The predicted molar refractivity (Wildman–Crippen MR) is 28.5 cm³/mol. The summed E-state index contributed by atoms with van der Waals surface area (Å²) in [6, 6.07) is -0.368. The molecule has 1 aliphatic rings. The van der Waals surface area contributed by atoms with Crippen LogP contribution in [0.4, 0.5) is 4.39 Å². The average Bonchev–Trinajstić information content (AvgIpc) is 2.13. The second kappa shape index (κ2) is 2.31. The minimum Gasteiger partial charge on any atom is -0.394 e. The highest BCUT2D eigenvalue weighted by Crippen LogP contribution is 2.09. The summed E-state index contributed by atoms with van der Waals surface area (Å²) < 4.78 is 12.2. The third-order valence-corrected chi connectivity index (χ3v) is 1.34. The molecule has 1 heterocycles. The molecule has 0 bridgehead atoms. The van der Waals surface area contributed by atoms with Crippen molar-refractivity contribution in [2.24, 2.45) is 0 Å². The molecule has 1 rings (SSSR count). The van der Waals surface area contributed by atoms with Gasteiger partial charge in [-0.1, -0.05) is 0 Å². The summed E-state index contributed by atoms with van der Waals surface area (Å²) in [7, 11) is 0. The van der Waals surface area contributed by atoms with Gasteiger partial charge in [-0.15, -0.1) is 0 Å². The highest BCUT2D eigenvalue weighted by Gasteiger charge is 2.30. The Morgan fingerprint density at radius 1 is 1.89 bits per heavy atom. The normalized spacial score (nSPS) is 34.7. The second-order valence-electron chi connectivity index (χ2n) is 2.09. The molecule has 1 fully saturated rings. The first-order valence-corrected chi connectivity index (χ1v) is 2.79. The van der Waals surface area contributed by atoms with E-state index in [1.165, 1.54) is 0 Å². The van der Waals surface area contributed by atoms with E-state index in [2.05, 4.69) is 5.32 Å². The van der Waals surface area contributed by atoms with Crippen LogP contribution in [0.15, 0.2) is 0 Å². The van der Waals surface area contributed by atoms with E-state index in [1.54, 1.807) is 0 Å². The summed E-state index contributed by atoms with van der Waals surface area (Å²) >= 11 is 0. The standard InChI is InChI=1S/C5H8FNO2/c6-4-1-3(2-8)7-5(4)9/h3-4,8H,1-2H2,(H,7,9)/t3-,4+/m0/s1.